The zero-order valence-corrected chi connectivity index (χ0v) is 19.1. The molecule has 1 heterocycles. The maximum Gasteiger partial charge on any atom is 0.345 e. The van der Waals surface area contributed by atoms with Crippen molar-refractivity contribution in [1.29, 1.82) is 0 Å². The van der Waals surface area contributed by atoms with Gasteiger partial charge in [0.1, 0.15) is 24.4 Å². The summed E-state index contributed by atoms with van der Waals surface area (Å²) in [5.41, 5.74) is 0.588. The summed E-state index contributed by atoms with van der Waals surface area (Å²) < 4.78 is 15.5. The molecule has 1 aliphatic rings. The molecule has 8 N–H and O–H groups in total. The van der Waals surface area contributed by atoms with Gasteiger partial charge in [0.2, 0.25) is 12.4 Å². The molecule has 0 spiro atoms. The summed E-state index contributed by atoms with van der Waals surface area (Å²) in [6.07, 6.45) is -7.33. The Hall–Kier alpha value is -3.88. The number of carbonyl (C=O) groups is 2. The first-order chi connectivity index (χ1) is 17.5. The van der Waals surface area contributed by atoms with Gasteiger partial charge in [-0.1, -0.05) is 12.1 Å². The lowest BCUT2D eigenvalue weighted by atomic mass is 9.99. The fourth-order valence-electron chi connectivity index (χ4n) is 3.46. The molecule has 1 fully saturated rings. The quantitative estimate of drug-likeness (QED) is 0.115. The number of carboxylic acids is 1. The van der Waals surface area contributed by atoms with Crippen LogP contribution in [0.2, 0.25) is 0 Å². The molecular weight excluding hydrogens is 496 g/mol. The van der Waals surface area contributed by atoms with Crippen molar-refractivity contribution in [3.63, 3.8) is 0 Å². The van der Waals surface area contributed by atoms with Gasteiger partial charge >= 0.3 is 11.9 Å². The average Bonchev–Trinajstić information content (AvgIpc) is 2.86. The zero-order valence-electron chi connectivity index (χ0n) is 19.1. The van der Waals surface area contributed by atoms with E-state index in [1.54, 1.807) is 0 Å². The summed E-state index contributed by atoms with van der Waals surface area (Å²) in [6.45, 7) is -0.656. The Balaban J connectivity index is 1.63. The largest absolute Gasteiger partial charge is 0.504 e. The number of ether oxygens (including phenoxy) is 3. The van der Waals surface area contributed by atoms with Crippen LogP contribution in [0.3, 0.4) is 0 Å². The molecule has 0 aromatic heterocycles. The van der Waals surface area contributed by atoms with Crippen molar-refractivity contribution in [2.75, 3.05) is 6.61 Å². The van der Waals surface area contributed by atoms with E-state index in [1.165, 1.54) is 36.4 Å². The van der Waals surface area contributed by atoms with Crippen molar-refractivity contribution >= 4 is 18.0 Å². The van der Waals surface area contributed by atoms with Crippen LogP contribution in [0.5, 0.6) is 23.0 Å². The van der Waals surface area contributed by atoms with E-state index in [0.717, 1.165) is 12.1 Å². The zero-order chi connectivity index (χ0) is 27.3. The summed E-state index contributed by atoms with van der Waals surface area (Å²) in [6, 6.07) is 7.52. The summed E-state index contributed by atoms with van der Waals surface area (Å²) in [5, 5.41) is 77.4. The van der Waals surface area contributed by atoms with Crippen LogP contribution in [-0.4, -0.2) is 96.2 Å². The smallest absolute Gasteiger partial charge is 0.345 e. The van der Waals surface area contributed by atoms with E-state index in [9.17, 15) is 50.4 Å². The number of aliphatic carboxylic acids is 1. The van der Waals surface area contributed by atoms with Gasteiger partial charge in [-0.25, -0.2) is 9.59 Å². The second kappa shape index (κ2) is 11.9. The van der Waals surface area contributed by atoms with Crippen molar-refractivity contribution in [3.05, 3.63) is 53.6 Å². The third kappa shape index (κ3) is 6.87. The molecular formula is C24H26O13. The van der Waals surface area contributed by atoms with Crippen LogP contribution in [-0.2, 0) is 25.5 Å². The van der Waals surface area contributed by atoms with Crippen molar-refractivity contribution < 1.29 is 64.7 Å². The Bertz CT molecular complexity index is 1150. The molecule has 2 aromatic carbocycles. The molecule has 0 radical (unpaired) electrons. The number of phenolic OH excluding ortho intramolecular Hbond substituents is 3. The Morgan fingerprint density at radius 2 is 1.68 bits per heavy atom. The molecule has 1 aliphatic heterocycles. The highest BCUT2D eigenvalue weighted by molar-refractivity contribution is 5.89. The number of phenols is 3. The third-order valence-electron chi connectivity index (χ3n) is 5.48. The highest BCUT2D eigenvalue weighted by Crippen LogP contribution is 2.31. The number of aliphatic hydroxyl groups excluding tert-OH is 4. The first-order valence-corrected chi connectivity index (χ1v) is 10.9. The van der Waals surface area contributed by atoms with E-state index >= 15 is 0 Å². The number of benzene rings is 2. The second-order valence-corrected chi connectivity index (χ2v) is 8.17. The van der Waals surface area contributed by atoms with Crippen LogP contribution in [0, 0.1) is 0 Å². The number of carbonyl (C=O) groups excluding carboxylic acids is 1. The number of hydrogen-bond acceptors (Lipinski definition) is 12. The van der Waals surface area contributed by atoms with Gasteiger partial charge < -0.3 is 55.1 Å². The van der Waals surface area contributed by atoms with Crippen LogP contribution >= 0.6 is 0 Å². The van der Waals surface area contributed by atoms with Crippen LogP contribution in [0.4, 0.5) is 0 Å². The van der Waals surface area contributed by atoms with Gasteiger partial charge in [-0.3, -0.25) is 0 Å². The Morgan fingerprint density at radius 1 is 0.946 bits per heavy atom. The van der Waals surface area contributed by atoms with Crippen LogP contribution in [0.15, 0.2) is 42.5 Å². The highest BCUT2D eigenvalue weighted by Gasteiger charge is 2.44. The lowest BCUT2D eigenvalue weighted by Gasteiger charge is -2.39. The monoisotopic (exact) mass is 522 g/mol. The maximum absolute atomic E-state index is 12.2. The first kappa shape index (κ1) is 27.7. The second-order valence-electron chi connectivity index (χ2n) is 8.17. The van der Waals surface area contributed by atoms with Gasteiger partial charge in [0.15, 0.2) is 23.0 Å². The molecule has 6 unspecified atom stereocenters. The normalized spacial score (nSPS) is 24.5. The van der Waals surface area contributed by atoms with Crippen molar-refractivity contribution in [1.82, 2.24) is 0 Å². The number of carboxylic acid groups (broad SMARTS) is 1. The lowest BCUT2D eigenvalue weighted by molar-refractivity contribution is -0.277. The van der Waals surface area contributed by atoms with Crippen LogP contribution in [0.25, 0.3) is 6.08 Å². The van der Waals surface area contributed by atoms with Gasteiger partial charge in [0, 0.05) is 12.5 Å². The summed E-state index contributed by atoms with van der Waals surface area (Å²) >= 11 is 0. The molecule has 2 aromatic rings. The molecule has 0 bridgehead atoms. The molecule has 13 heteroatoms. The minimum atomic E-state index is -1.68. The Kier molecular flexibility index (Phi) is 8.91. The first-order valence-electron chi connectivity index (χ1n) is 10.9. The van der Waals surface area contributed by atoms with Gasteiger partial charge in [0.05, 0.1) is 6.61 Å². The van der Waals surface area contributed by atoms with Crippen molar-refractivity contribution in [2.24, 2.45) is 0 Å². The predicted octanol–water partition coefficient (Wildman–Crippen LogP) is -0.766. The molecule has 13 nitrogen and oxygen atoms in total. The van der Waals surface area contributed by atoms with Crippen molar-refractivity contribution in [2.45, 2.75) is 43.2 Å². The summed E-state index contributed by atoms with van der Waals surface area (Å²) in [7, 11) is 0. The van der Waals surface area contributed by atoms with Crippen molar-refractivity contribution in [3.8, 4) is 23.0 Å². The average molecular weight is 522 g/mol. The minimum Gasteiger partial charge on any atom is -0.504 e. The standard InChI is InChI=1S/C24H26O13/c25-10-18-20(30)21(31)22(32)24(37-18)36-16-5-2-11(7-15(16)28)3-6-19(29)35-17(23(33)34)9-12-1-4-13(26)14(27)8-12/h1-8,17-18,20-22,24-28,30-32H,9-10H2,(H,33,34). The lowest BCUT2D eigenvalue weighted by Crippen LogP contribution is -2.60. The number of aliphatic hydroxyl groups is 4. The molecule has 0 aliphatic carbocycles. The number of hydrogen-bond donors (Lipinski definition) is 8. The number of esters is 1. The third-order valence-corrected chi connectivity index (χ3v) is 5.48. The predicted molar refractivity (Wildman–Crippen MR) is 123 cm³/mol. The molecule has 6 atom stereocenters. The fourth-order valence-corrected chi connectivity index (χ4v) is 3.46. The fraction of sp³-hybridized carbons (Fsp3) is 0.333. The summed E-state index contributed by atoms with van der Waals surface area (Å²) in [5.74, 6) is -3.89. The Labute approximate surface area is 209 Å². The van der Waals surface area contributed by atoms with E-state index in [0.29, 0.717) is 5.56 Å². The molecule has 3 rings (SSSR count). The van der Waals surface area contributed by atoms with Gasteiger partial charge in [-0.2, -0.15) is 0 Å². The highest BCUT2D eigenvalue weighted by atomic mass is 16.7. The van der Waals surface area contributed by atoms with E-state index < -0.39 is 66.9 Å². The minimum absolute atomic E-state index is 0.174. The van der Waals surface area contributed by atoms with Crippen LogP contribution < -0.4 is 4.74 Å². The topological polar surface area (TPSA) is 224 Å². The SMILES string of the molecule is O=C(C=Cc1ccc(OC2OC(CO)C(O)C(O)C2O)c(O)c1)OC(Cc1ccc(O)c(O)c1)C(=O)O. The van der Waals surface area contributed by atoms with Crippen LogP contribution in [0.1, 0.15) is 11.1 Å². The van der Waals surface area contributed by atoms with Gasteiger partial charge in [-0.15, -0.1) is 0 Å². The van der Waals surface area contributed by atoms with Gasteiger partial charge in [0.25, 0.3) is 0 Å². The molecule has 0 amide bonds. The van der Waals surface area contributed by atoms with E-state index in [4.69, 9.17) is 14.2 Å². The number of aromatic hydroxyl groups is 3. The maximum atomic E-state index is 12.2. The Morgan fingerprint density at radius 3 is 2.30 bits per heavy atom. The molecule has 0 saturated carbocycles. The number of rotatable bonds is 9. The molecule has 1 saturated heterocycles. The van der Waals surface area contributed by atoms with E-state index in [2.05, 4.69) is 0 Å². The van der Waals surface area contributed by atoms with E-state index in [-0.39, 0.29) is 23.5 Å². The molecule has 200 valence electrons. The summed E-state index contributed by atoms with van der Waals surface area (Å²) in [4.78, 5) is 23.6. The van der Waals surface area contributed by atoms with E-state index in [1.807, 2.05) is 0 Å². The molecule has 37 heavy (non-hydrogen) atoms. The van der Waals surface area contributed by atoms with Gasteiger partial charge in [-0.05, 0) is 41.5 Å².